The maximum absolute atomic E-state index is 13.3. The van der Waals surface area contributed by atoms with E-state index in [1.807, 2.05) is 6.92 Å². The Morgan fingerprint density at radius 2 is 1.74 bits per heavy atom. The van der Waals surface area contributed by atoms with E-state index in [0.717, 1.165) is 10.6 Å². The van der Waals surface area contributed by atoms with Crippen molar-refractivity contribution in [3.8, 4) is 0 Å². The number of halogens is 3. The van der Waals surface area contributed by atoms with Crippen molar-refractivity contribution < 1.29 is 22.4 Å². The summed E-state index contributed by atoms with van der Waals surface area (Å²) in [4.78, 5) is 27.5. The number of anilines is 1. The second kappa shape index (κ2) is 13.1. The fraction of sp³-hybridized carbons (Fsp3) is 0.417. The highest BCUT2D eigenvalue weighted by Gasteiger charge is 2.29. The molecule has 0 heterocycles. The van der Waals surface area contributed by atoms with Gasteiger partial charge in [0, 0.05) is 36.1 Å². The average molecular weight is 546 g/mol. The molecule has 0 spiro atoms. The standard InChI is InChI=1S/C24H30Cl2FN3O4S/c1-4-22(24(32)28-5-2)29(16-17-8-9-18(25)15-21(17)26)23(31)7-6-14-30(35(3,33)34)20-12-10-19(27)11-13-20/h8-13,15,22H,4-7,14,16H2,1-3H3,(H,28,32)/t22-/m1/s1. The van der Waals surface area contributed by atoms with Crippen molar-refractivity contribution in [3.63, 3.8) is 0 Å². The molecule has 192 valence electrons. The van der Waals surface area contributed by atoms with Gasteiger partial charge in [0.05, 0.1) is 11.9 Å². The summed E-state index contributed by atoms with van der Waals surface area (Å²) in [6.45, 7) is 4.13. The molecule has 0 aliphatic heterocycles. The van der Waals surface area contributed by atoms with Gasteiger partial charge in [0.25, 0.3) is 0 Å². The first-order valence-electron chi connectivity index (χ1n) is 11.2. The topological polar surface area (TPSA) is 86.8 Å². The van der Waals surface area contributed by atoms with Crippen LogP contribution in [-0.4, -0.2) is 50.5 Å². The van der Waals surface area contributed by atoms with Crippen LogP contribution in [0.5, 0.6) is 0 Å². The van der Waals surface area contributed by atoms with Gasteiger partial charge in [-0.15, -0.1) is 0 Å². The number of hydrogen-bond acceptors (Lipinski definition) is 4. The molecule has 11 heteroatoms. The first kappa shape index (κ1) is 28.9. The first-order chi connectivity index (χ1) is 16.5. The van der Waals surface area contributed by atoms with Gasteiger partial charge >= 0.3 is 0 Å². The van der Waals surface area contributed by atoms with Crippen molar-refractivity contribution in [2.75, 3.05) is 23.7 Å². The molecule has 0 aliphatic carbocycles. The summed E-state index contributed by atoms with van der Waals surface area (Å²) in [5.74, 6) is -1.08. The molecule has 7 nitrogen and oxygen atoms in total. The molecule has 0 bridgehead atoms. The zero-order chi connectivity index (χ0) is 26.2. The highest BCUT2D eigenvalue weighted by atomic mass is 35.5. The number of benzene rings is 2. The van der Waals surface area contributed by atoms with Crippen molar-refractivity contribution in [1.82, 2.24) is 10.2 Å². The third-order valence-electron chi connectivity index (χ3n) is 5.36. The molecule has 0 radical (unpaired) electrons. The summed E-state index contributed by atoms with van der Waals surface area (Å²) in [7, 11) is -3.66. The molecule has 2 amide bonds. The molecular formula is C24H30Cl2FN3O4S. The van der Waals surface area contributed by atoms with Gasteiger partial charge in [-0.3, -0.25) is 13.9 Å². The lowest BCUT2D eigenvalue weighted by molar-refractivity contribution is -0.141. The van der Waals surface area contributed by atoms with Crippen LogP contribution in [0.25, 0.3) is 0 Å². The van der Waals surface area contributed by atoms with Gasteiger partial charge in [0.2, 0.25) is 21.8 Å². The van der Waals surface area contributed by atoms with E-state index < -0.39 is 21.9 Å². The summed E-state index contributed by atoms with van der Waals surface area (Å²) in [6, 6.07) is 9.30. The number of likely N-dealkylation sites (N-methyl/N-ethyl adjacent to an activating group) is 1. The molecule has 0 aromatic heterocycles. The molecule has 2 aromatic carbocycles. The average Bonchev–Trinajstić information content (AvgIpc) is 2.78. The van der Waals surface area contributed by atoms with E-state index in [-0.39, 0.29) is 37.7 Å². The Hall–Kier alpha value is -2.36. The summed E-state index contributed by atoms with van der Waals surface area (Å²) in [5.41, 5.74) is 0.941. The third kappa shape index (κ3) is 8.37. The van der Waals surface area contributed by atoms with Crippen LogP contribution in [0.15, 0.2) is 42.5 Å². The van der Waals surface area contributed by atoms with Crippen LogP contribution in [0.1, 0.15) is 38.7 Å². The minimum Gasteiger partial charge on any atom is -0.355 e. The monoisotopic (exact) mass is 545 g/mol. The predicted octanol–water partition coefficient (Wildman–Crippen LogP) is 4.62. The summed E-state index contributed by atoms with van der Waals surface area (Å²) in [5, 5.41) is 3.58. The highest BCUT2D eigenvalue weighted by molar-refractivity contribution is 7.92. The Morgan fingerprint density at radius 3 is 2.29 bits per heavy atom. The van der Waals surface area contributed by atoms with Gasteiger partial charge in [-0.25, -0.2) is 12.8 Å². The summed E-state index contributed by atoms with van der Waals surface area (Å²) in [6.07, 6.45) is 1.62. The zero-order valence-electron chi connectivity index (χ0n) is 19.9. The number of rotatable bonds is 12. The number of carbonyl (C=O) groups is 2. The van der Waals surface area contributed by atoms with Crippen LogP contribution < -0.4 is 9.62 Å². The van der Waals surface area contributed by atoms with E-state index in [9.17, 15) is 22.4 Å². The predicted molar refractivity (Wildman–Crippen MR) is 138 cm³/mol. The van der Waals surface area contributed by atoms with Crippen LogP contribution in [-0.2, 0) is 26.2 Å². The quantitative estimate of drug-likeness (QED) is 0.421. The number of amides is 2. The molecule has 0 aliphatic rings. The van der Waals surface area contributed by atoms with Crippen LogP contribution in [0, 0.1) is 5.82 Å². The molecule has 0 unspecified atom stereocenters. The smallest absolute Gasteiger partial charge is 0.242 e. The number of sulfonamides is 1. The van der Waals surface area contributed by atoms with Gasteiger partial charge < -0.3 is 10.2 Å². The van der Waals surface area contributed by atoms with Gasteiger partial charge in [-0.2, -0.15) is 0 Å². The number of nitrogens with one attached hydrogen (secondary N) is 1. The largest absolute Gasteiger partial charge is 0.355 e. The Bertz CT molecular complexity index is 1130. The number of carbonyl (C=O) groups excluding carboxylic acids is 2. The molecule has 35 heavy (non-hydrogen) atoms. The second-order valence-corrected chi connectivity index (χ2v) is 10.7. The molecule has 0 saturated carbocycles. The van der Waals surface area contributed by atoms with Crippen molar-refractivity contribution in [2.24, 2.45) is 0 Å². The van der Waals surface area contributed by atoms with Crippen LogP contribution >= 0.6 is 23.2 Å². The van der Waals surface area contributed by atoms with E-state index >= 15 is 0 Å². The van der Waals surface area contributed by atoms with Crippen LogP contribution in [0.2, 0.25) is 10.0 Å². The SMILES string of the molecule is CCNC(=O)[C@@H](CC)N(Cc1ccc(Cl)cc1Cl)C(=O)CCCN(c1ccc(F)cc1)S(C)(=O)=O. The van der Waals surface area contributed by atoms with Gasteiger partial charge in [0.1, 0.15) is 11.9 Å². The Morgan fingerprint density at radius 1 is 1.09 bits per heavy atom. The molecule has 1 N–H and O–H groups in total. The zero-order valence-corrected chi connectivity index (χ0v) is 22.3. The molecule has 2 aromatic rings. The van der Waals surface area contributed by atoms with Crippen molar-refractivity contribution >= 4 is 50.7 Å². The Balaban J connectivity index is 2.23. The van der Waals surface area contributed by atoms with Crippen LogP contribution in [0.4, 0.5) is 10.1 Å². The minimum absolute atomic E-state index is 0.00563. The lowest BCUT2D eigenvalue weighted by Crippen LogP contribution is -2.49. The van der Waals surface area contributed by atoms with Crippen molar-refractivity contribution in [3.05, 3.63) is 63.9 Å². The summed E-state index contributed by atoms with van der Waals surface area (Å²) < 4.78 is 39.0. The van der Waals surface area contributed by atoms with Gasteiger partial charge in [-0.1, -0.05) is 36.2 Å². The van der Waals surface area contributed by atoms with E-state index in [4.69, 9.17) is 23.2 Å². The summed E-state index contributed by atoms with van der Waals surface area (Å²) >= 11 is 12.3. The highest BCUT2D eigenvalue weighted by Crippen LogP contribution is 2.25. The Labute approximate surface area is 216 Å². The molecular weight excluding hydrogens is 516 g/mol. The van der Waals surface area contributed by atoms with Gasteiger partial charge in [0.15, 0.2) is 0 Å². The molecule has 0 fully saturated rings. The second-order valence-electron chi connectivity index (χ2n) is 7.99. The van der Waals surface area contributed by atoms with E-state index in [0.29, 0.717) is 34.3 Å². The van der Waals surface area contributed by atoms with E-state index in [1.54, 1.807) is 25.1 Å². The molecule has 2 rings (SSSR count). The van der Waals surface area contributed by atoms with Crippen molar-refractivity contribution in [1.29, 1.82) is 0 Å². The number of nitrogens with zero attached hydrogens (tertiary/aromatic N) is 2. The molecule has 1 atom stereocenters. The number of hydrogen-bond donors (Lipinski definition) is 1. The lowest BCUT2D eigenvalue weighted by atomic mass is 10.1. The van der Waals surface area contributed by atoms with Crippen LogP contribution in [0.3, 0.4) is 0 Å². The van der Waals surface area contributed by atoms with Gasteiger partial charge in [-0.05, 0) is 61.7 Å². The molecule has 0 saturated heterocycles. The lowest BCUT2D eigenvalue weighted by Gasteiger charge is -2.31. The van der Waals surface area contributed by atoms with E-state index in [2.05, 4.69) is 5.32 Å². The normalized spacial score (nSPS) is 12.2. The third-order valence-corrected chi connectivity index (χ3v) is 7.14. The Kier molecular flexibility index (Phi) is 10.8. The fourth-order valence-electron chi connectivity index (χ4n) is 3.66. The first-order valence-corrected chi connectivity index (χ1v) is 13.8. The minimum atomic E-state index is -3.66. The maximum Gasteiger partial charge on any atom is 0.242 e. The maximum atomic E-state index is 13.3. The van der Waals surface area contributed by atoms with Crippen molar-refractivity contribution in [2.45, 2.75) is 45.7 Å². The fourth-order valence-corrected chi connectivity index (χ4v) is 5.09. The van der Waals surface area contributed by atoms with E-state index in [1.165, 1.54) is 29.2 Å².